The van der Waals surface area contributed by atoms with Crippen LogP contribution in [0, 0.1) is 5.41 Å². The minimum absolute atomic E-state index is 0.0694. The summed E-state index contributed by atoms with van der Waals surface area (Å²) in [5, 5.41) is 0. The van der Waals surface area contributed by atoms with Gasteiger partial charge < -0.3 is 4.79 Å². The molecule has 1 aliphatic heterocycles. The third-order valence-corrected chi connectivity index (χ3v) is 3.47. The number of thioether (sulfide) groups is 1. The fourth-order valence-corrected chi connectivity index (χ4v) is 3.01. The molecule has 1 aliphatic rings. The van der Waals surface area contributed by atoms with Crippen LogP contribution in [0.5, 0.6) is 0 Å². The van der Waals surface area contributed by atoms with Crippen molar-refractivity contribution in [2.75, 3.05) is 11.5 Å². The molecule has 2 heteroatoms. The zero-order valence-corrected chi connectivity index (χ0v) is 9.95. The summed E-state index contributed by atoms with van der Waals surface area (Å²) in [6, 6.07) is 0. The van der Waals surface area contributed by atoms with E-state index in [1.54, 1.807) is 0 Å². The van der Waals surface area contributed by atoms with Crippen LogP contribution in [0.25, 0.3) is 0 Å². The lowest BCUT2D eigenvalue weighted by Crippen LogP contribution is -2.27. The highest BCUT2D eigenvalue weighted by Crippen LogP contribution is 2.36. The van der Waals surface area contributed by atoms with Crippen molar-refractivity contribution in [1.82, 2.24) is 0 Å². The van der Waals surface area contributed by atoms with E-state index in [1.807, 2.05) is 25.6 Å². The van der Waals surface area contributed by atoms with Crippen LogP contribution in [-0.4, -0.2) is 17.8 Å². The third-order valence-electron chi connectivity index (χ3n) is 2.49. The summed E-state index contributed by atoms with van der Waals surface area (Å²) in [5.41, 5.74) is 0.0694. The van der Waals surface area contributed by atoms with Crippen molar-refractivity contribution in [3.63, 3.8) is 0 Å². The SMILES string of the molecule is CC.CCCC1(C=O)CCSCC1. The number of carbonyl (C=O) groups excluding carboxylic acids is 1. The smallest absolute Gasteiger partial charge is 0.126 e. The first-order valence-corrected chi connectivity index (χ1v) is 6.52. The molecule has 1 nitrogen and oxygen atoms in total. The van der Waals surface area contributed by atoms with Crippen LogP contribution in [0.1, 0.15) is 46.5 Å². The van der Waals surface area contributed by atoms with Crippen molar-refractivity contribution in [3.8, 4) is 0 Å². The summed E-state index contributed by atoms with van der Waals surface area (Å²) in [6.07, 6.45) is 5.65. The number of hydrogen-bond acceptors (Lipinski definition) is 2. The minimum atomic E-state index is 0.0694. The highest BCUT2D eigenvalue weighted by Gasteiger charge is 2.30. The van der Waals surface area contributed by atoms with Gasteiger partial charge in [-0.15, -0.1) is 0 Å². The first kappa shape index (κ1) is 13.0. The van der Waals surface area contributed by atoms with E-state index in [0.717, 1.165) is 25.7 Å². The fraction of sp³-hybridized carbons (Fsp3) is 0.909. The van der Waals surface area contributed by atoms with Gasteiger partial charge in [-0.05, 0) is 30.8 Å². The summed E-state index contributed by atoms with van der Waals surface area (Å²) in [5.74, 6) is 2.36. The Bertz CT molecular complexity index is 123. The van der Waals surface area contributed by atoms with Crippen LogP contribution in [0.3, 0.4) is 0 Å². The topological polar surface area (TPSA) is 17.1 Å². The summed E-state index contributed by atoms with van der Waals surface area (Å²) < 4.78 is 0. The molecule has 0 atom stereocenters. The Morgan fingerprint density at radius 1 is 1.31 bits per heavy atom. The quantitative estimate of drug-likeness (QED) is 0.651. The highest BCUT2D eigenvalue weighted by atomic mass is 32.2. The van der Waals surface area contributed by atoms with Crippen molar-refractivity contribution in [2.24, 2.45) is 5.41 Å². The molecule has 0 bridgehead atoms. The Labute approximate surface area is 86.7 Å². The second-order valence-corrected chi connectivity index (χ2v) is 4.57. The molecule has 0 aromatic rings. The molecule has 0 radical (unpaired) electrons. The van der Waals surface area contributed by atoms with E-state index in [0.29, 0.717) is 0 Å². The van der Waals surface area contributed by atoms with E-state index in [9.17, 15) is 4.79 Å². The predicted octanol–water partition coefficient (Wildman–Crippen LogP) is 3.53. The van der Waals surface area contributed by atoms with E-state index in [-0.39, 0.29) is 5.41 Å². The van der Waals surface area contributed by atoms with Crippen LogP contribution in [0.15, 0.2) is 0 Å². The minimum Gasteiger partial charge on any atom is -0.303 e. The van der Waals surface area contributed by atoms with Gasteiger partial charge in [0.15, 0.2) is 0 Å². The molecule has 1 fully saturated rings. The molecule has 0 unspecified atom stereocenters. The molecule has 0 spiro atoms. The number of rotatable bonds is 3. The molecule has 1 heterocycles. The van der Waals surface area contributed by atoms with Crippen molar-refractivity contribution in [3.05, 3.63) is 0 Å². The normalized spacial score (nSPS) is 19.9. The van der Waals surface area contributed by atoms with Crippen molar-refractivity contribution >= 4 is 18.0 Å². The molecule has 0 aliphatic carbocycles. The van der Waals surface area contributed by atoms with Gasteiger partial charge in [0.25, 0.3) is 0 Å². The van der Waals surface area contributed by atoms with E-state index in [4.69, 9.17) is 0 Å². The van der Waals surface area contributed by atoms with Gasteiger partial charge in [-0.2, -0.15) is 11.8 Å². The third kappa shape index (κ3) is 4.17. The maximum atomic E-state index is 10.9. The zero-order valence-electron chi connectivity index (χ0n) is 9.14. The summed E-state index contributed by atoms with van der Waals surface area (Å²) in [4.78, 5) is 10.9. The monoisotopic (exact) mass is 202 g/mol. The van der Waals surface area contributed by atoms with Gasteiger partial charge in [0, 0.05) is 5.41 Å². The molecule has 0 aromatic heterocycles. The molecule has 1 saturated heterocycles. The highest BCUT2D eigenvalue weighted by molar-refractivity contribution is 7.99. The molecule has 1 rings (SSSR count). The van der Waals surface area contributed by atoms with Gasteiger partial charge in [0.05, 0.1) is 0 Å². The van der Waals surface area contributed by atoms with E-state index < -0.39 is 0 Å². The zero-order chi connectivity index (χ0) is 10.2. The van der Waals surface area contributed by atoms with Gasteiger partial charge in [0.2, 0.25) is 0 Å². The second kappa shape index (κ2) is 7.43. The predicted molar refractivity (Wildman–Crippen MR) is 61.3 cm³/mol. The van der Waals surface area contributed by atoms with Crippen molar-refractivity contribution in [2.45, 2.75) is 46.5 Å². The lowest BCUT2D eigenvalue weighted by atomic mass is 9.79. The number of aldehydes is 1. The van der Waals surface area contributed by atoms with Crippen molar-refractivity contribution < 1.29 is 4.79 Å². The van der Waals surface area contributed by atoms with Gasteiger partial charge in [-0.1, -0.05) is 27.2 Å². The van der Waals surface area contributed by atoms with Gasteiger partial charge in [-0.3, -0.25) is 0 Å². The summed E-state index contributed by atoms with van der Waals surface area (Å²) in [7, 11) is 0. The molecular weight excluding hydrogens is 180 g/mol. The number of carbonyl (C=O) groups is 1. The van der Waals surface area contributed by atoms with Crippen LogP contribution >= 0.6 is 11.8 Å². The Morgan fingerprint density at radius 3 is 2.23 bits per heavy atom. The summed E-state index contributed by atoms with van der Waals surface area (Å²) in [6.45, 7) is 6.16. The standard InChI is InChI=1S/C9H16OS.C2H6/c1-2-3-9(8-10)4-6-11-7-5-9;1-2/h8H,2-7H2,1H3;1-2H3. The van der Waals surface area contributed by atoms with Crippen LogP contribution in [0.2, 0.25) is 0 Å². The summed E-state index contributed by atoms with van der Waals surface area (Å²) >= 11 is 1.98. The van der Waals surface area contributed by atoms with Crippen LogP contribution < -0.4 is 0 Å². The Balaban J connectivity index is 0.000000671. The van der Waals surface area contributed by atoms with Gasteiger partial charge in [-0.25, -0.2) is 0 Å². The van der Waals surface area contributed by atoms with Crippen LogP contribution in [0.4, 0.5) is 0 Å². The molecule has 78 valence electrons. The van der Waals surface area contributed by atoms with Crippen molar-refractivity contribution in [1.29, 1.82) is 0 Å². The van der Waals surface area contributed by atoms with E-state index in [1.165, 1.54) is 17.8 Å². The number of hydrogen-bond donors (Lipinski definition) is 0. The molecule has 13 heavy (non-hydrogen) atoms. The second-order valence-electron chi connectivity index (χ2n) is 3.34. The Hall–Kier alpha value is 0.0200. The molecule has 0 amide bonds. The lowest BCUT2D eigenvalue weighted by molar-refractivity contribution is -0.117. The first-order chi connectivity index (χ1) is 6.33. The van der Waals surface area contributed by atoms with Crippen LogP contribution in [-0.2, 0) is 4.79 Å². The maximum absolute atomic E-state index is 10.9. The van der Waals surface area contributed by atoms with Gasteiger partial charge in [0.1, 0.15) is 6.29 Å². The van der Waals surface area contributed by atoms with E-state index >= 15 is 0 Å². The first-order valence-electron chi connectivity index (χ1n) is 5.37. The Morgan fingerprint density at radius 2 is 1.85 bits per heavy atom. The molecule has 0 saturated carbocycles. The Kier molecular flexibility index (Phi) is 7.44. The average molecular weight is 202 g/mol. The largest absolute Gasteiger partial charge is 0.303 e. The average Bonchev–Trinajstić information content (AvgIpc) is 2.23. The molecule has 0 N–H and O–H groups in total. The maximum Gasteiger partial charge on any atom is 0.126 e. The molecule has 0 aromatic carbocycles. The molecular formula is C11H22OS. The van der Waals surface area contributed by atoms with Gasteiger partial charge >= 0.3 is 0 Å². The van der Waals surface area contributed by atoms with E-state index in [2.05, 4.69) is 6.92 Å². The fourth-order valence-electron chi connectivity index (χ4n) is 1.70. The lowest BCUT2D eigenvalue weighted by Gasteiger charge is -2.31.